The van der Waals surface area contributed by atoms with E-state index in [0.717, 1.165) is 5.69 Å². The van der Waals surface area contributed by atoms with Gasteiger partial charge in [-0.15, -0.1) is 10.2 Å². The molecule has 0 fully saturated rings. The van der Waals surface area contributed by atoms with Crippen LogP contribution in [0.5, 0.6) is 0 Å². The monoisotopic (exact) mass is 408 g/mol. The van der Waals surface area contributed by atoms with Crippen molar-refractivity contribution in [3.05, 3.63) is 77.6 Å². The van der Waals surface area contributed by atoms with Crippen LogP contribution in [0.2, 0.25) is 0 Å². The summed E-state index contributed by atoms with van der Waals surface area (Å²) in [5.41, 5.74) is 3.17. The van der Waals surface area contributed by atoms with Gasteiger partial charge in [-0.25, -0.2) is 4.39 Å². The molecule has 0 amide bonds. The normalized spacial score (nSPS) is 11.0. The Morgan fingerprint density at radius 2 is 2.00 bits per heavy atom. The van der Waals surface area contributed by atoms with Gasteiger partial charge < -0.3 is 8.98 Å². The Balaban J connectivity index is 1.51. The molecule has 0 aliphatic heterocycles. The molecule has 146 valence electrons. The summed E-state index contributed by atoms with van der Waals surface area (Å²) in [7, 11) is 0. The van der Waals surface area contributed by atoms with Crippen molar-refractivity contribution in [3.63, 3.8) is 0 Å². The Morgan fingerprint density at radius 1 is 1.17 bits per heavy atom. The average molecular weight is 408 g/mol. The second-order valence-electron chi connectivity index (χ2n) is 6.40. The molecule has 1 aromatic carbocycles. The minimum atomic E-state index is -0.337. The van der Waals surface area contributed by atoms with Gasteiger partial charge in [0.1, 0.15) is 5.82 Å². The number of aromatic nitrogens is 4. The number of para-hydroxylation sites is 1. The molecule has 0 unspecified atom stereocenters. The number of nitrogens with zero attached hydrogens (tertiary/aromatic N) is 4. The third-order valence-corrected chi connectivity index (χ3v) is 5.29. The van der Waals surface area contributed by atoms with E-state index in [-0.39, 0.29) is 17.4 Å². The van der Waals surface area contributed by atoms with Gasteiger partial charge in [-0.1, -0.05) is 23.9 Å². The van der Waals surface area contributed by atoms with Crippen molar-refractivity contribution in [1.82, 2.24) is 19.7 Å². The van der Waals surface area contributed by atoms with Crippen LogP contribution < -0.4 is 0 Å². The average Bonchev–Trinajstić information content (AvgIpc) is 3.32. The quantitative estimate of drug-likeness (QED) is 0.341. The topological polar surface area (TPSA) is 73.8 Å². The number of thioether (sulfide) groups is 1. The number of hydrogen-bond donors (Lipinski definition) is 0. The zero-order chi connectivity index (χ0) is 20.4. The van der Waals surface area contributed by atoms with Gasteiger partial charge in [-0.05, 0) is 44.2 Å². The van der Waals surface area contributed by atoms with E-state index in [9.17, 15) is 9.18 Å². The van der Waals surface area contributed by atoms with Crippen molar-refractivity contribution >= 4 is 17.5 Å². The van der Waals surface area contributed by atoms with E-state index in [1.165, 1.54) is 17.8 Å². The third-order valence-electron chi connectivity index (χ3n) is 4.47. The van der Waals surface area contributed by atoms with Gasteiger partial charge in [0.05, 0.1) is 17.0 Å². The smallest absolute Gasteiger partial charge is 0.277 e. The fourth-order valence-corrected chi connectivity index (χ4v) is 3.77. The van der Waals surface area contributed by atoms with Crippen LogP contribution >= 0.6 is 11.8 Å². The summed E-state index contributed by atoms with van der Waals surface area (Å²) in [5, 5.41) is 8.27. The molecule has 6 nitrogen and oxygen atoms in total. The Morgan fingerprint density at radius 3 is 2.76 bits per heavy atom. The highest BCUT2D eigenvalue weighted by Gasteiger charge is 2.19. The highest BCUT2D eigenvalue weighted by atomic mass is 32.2. The second kappa shape index (κ2) is 8.00. The highest BCUT2D eigenvalue weighted by molar-refractivity contribution is 7.99. The van der Waals surface area contributed by atoms with E-state index in [2.05, 4.69) is 15.2 Å². The maximum absolute atomic E-state index is 14.2. The number of ketones is 1. The molecule has 3 heterocycles. The van der Waals surface area contributed by atoms with Gasteiger partial charge in [-0.2, -0.15) is 0 Å². The first kappa shape index (κ1) is 19.1. The molecule has 3 aromatic heterocycles. The van der Waals surface area contributed by atoms with Gasteiger partial charge in [0, 0.05) is 29.3 Å². The van der Waals surface area contributed by atoms with Crippen LogP contribution in [0, 0.1) is 19.7 Å². The first-order chi connectivity index (χ1) is 14.0. The standard InChI is InChI=1S/C21H17FN4O2S/c1-13-10-16(14(2)26(13)18-8-4-3-7-17(18)22)19(27)12-29-21-25-24-20(28-21)15-6-5-9-23-11-15/h3-11H,12H2,1-2H3. The Hall–Kier alpha value is -3.26. The predicted octanol–water partition coefficient (Wildman–Crippen LogP) is 4.65. The Bertz CT molecular complexity index is 1170. The number of benzene rings is 1. The van der Waals surface area contributed by atoms with Crippen molar-refractivity contribution in [1.29, 1.82) is 0 Å². The van der Waals surface area contributed by atoms with Crippen LogP contribution in [0.1, 0.15) is 21.7 Å². The van der Waals surface area contributed by atoms with Crippen molar-refractivity contribution in [3.8, 4) is 17.1 Å². The van der Waals surface area contributed by atoms with E-state index < -0.39 is 0 Å². The minimum absolute atomic E-state index is 0.0909. The molecule has 0 aliphatic carbocycles. The van der Waals surface area contributed by atoms with Crippen molar-refractivity contribution < 1.29 is 13.6 Å². The van der Waals surface area contributed by atoms with Crippen LogP contribution in [0.25, 0.3) is 17.1 Å². The molecule has 0 radical (unpaired) electrons. The lowest BCUT2D eigenvalue weighted by Crippen LogP contribution is -2.06. The first-order valence-corrected chi connectivity index (χ1v) is 9.87. The van der Waals surface area contributed by atoms with E-state index in [4.69, 9.17) is 4.42 Å². The van der Waals surface area contributed by atoms with Gasteiger partial charge in [0.2, 0.25) is 5.89 Å². The van der Waals surface area contributed by atoms with Crippen LogP contribution in [0.4, 0.5) is 4.39 Å². The summed E-state index contributed by atoms with van der Waals surface area (Å²) in [6.07, 6.45) is 3.29. The van der Waals surface area contributed by atoms with Crippen molar-refractivity contribution in [2.75, 3.05) is 5.75 Å². The van der Waals surface area contributed by atoms with Crippen LogP contribution in [-0.2, 0) is 0 Å². The van der Waals surface area contributed by atoms with Crippen molar-refractivity contribution in [2.45, 2.75) is 19.1 Å². The molecule has 0 atom stereocenters. The van der Waals surface area contributed by atoms with Gasteiger partial charge in [0.25, 0.3) is 5.22 Å². The molecule has 0 bridgehead atoms. The molecule has 0 saturated heterocycles. The first-order valence-electron chi connectivity index (χ1n) is 8.88. The molecule has 0 N–H and O–H groups in total. The lowest BCUT2D eigenvalue weighted by molar-refractivity contribution is 0.102. The lowest BCUT2D eigenvalue weighted by Gasteiger charge is -2.10. The van der Waals surface area contributed by atoms with E-state index >= 15 is 0 Å². The summed E-state index contributed by atoms with van der Waals surface area (Å²) in [6.45, 7) is 3.66. The molecular weight excluding hydrogens is 391 g/mol. The van der Waals surface area contributed by atoms with E-state index in [1.54, 1.807) is 47.3 Å². The summed E-state index contributed by atoms with van der Waals surface area (Å²) in [4.78, 5) is 16.8. The largest absolute Gasteiger partial charge is 0.411 e. The van der Waals surface area contributed by atoms with Gasteiger partial charge in [0.15, 0.2) is 5.78 Å². The molecule has 8 heteroatoms. The fraction of sp³-hybridized carbons (Fsp3) is 0.143. The Labute approximate surface area is 170 Å². The third kappa shape index (κ3) is 3.84. The predicted molar refractivity (Wildman–Crippen MR) is 108 cm³/mol. The van der Waals surface area contributed by atoms with Crippen LogP contribution in [0.15, 0.2) is 64.5 Å². The van der Waals surface area contributed by atoms with E-state index in [0.29, 0.717) is 33.6 Å². The van der Waals surface area contributed by atoms with Crippen LogP contribution in [-0.4, -0.2) is 31.3 Å². The molecule has 4 aromatic rings. The van der Waals surface area contributed by atoms with E-state index in [1.807, 2.05) is 19.9 Å². The SMILES string of the molecule is Cc1cc(C(=O)CSc2nnc(-c3cccnc3)o2)c(C)n1-c1ccccc1F. The zero-order valence-corrected chi connectivity index (χ0v) is 16.6. The minimum Gasteiger partial charge on any atom is -0.411 e. The van der Waals surface area contributed by atoms with Gasteiger partial charge in [-0.3, -0.25) is 9.78 Å². The molecular formula is C21H17FN4O2S. The maximum Gasteiger partial charge on any atom is 0.277 e. The molecule has 4 rings (SSSR count). The summed E-state index contributed by atoms with van der Waals surface area (Å²) < 4.78 is 21.6. The lowest BCUT2D eigenvalue weighted by atomic mass is 10.2. The summed E-state index contributed by atoms with van der Waals surface area (Å²) >= 11 is 1.17. The maximum atomic E-state index is 14.2. The number of hydrogen-bond acceptors (Lipinski definition) is 6. The molecule has 29 heavy (non-hydrogen) atoms. The number of carbonyl (C=O) groups is 1. The van der Waals surface area contributed by atoms with Crippen LogP contribution in [0.3, 0.4) is 0 Å². The number of Topliss-reactive ketones (excluding diaryl/α,β-unsaturated/α-hetero) is 1. The van der Waals surface area contributed by atoms with Crippen molar-refractivity contribution in [2.24, 2.45) is 0 Å². The number of aryl methyl sites for hydroxylation is 1. The number of halogens is 1. The number of rotatable bonds is 6. The number of pyridine rings is 1. The molecule has 0 aliphatic rings. The highest BCUT2D eigenvalue weighted by Crippen LogP contribution is 2.26. The Kier molecular flexibility index (Phi) is 5.26. The fourth-order valence-electron chi connectivity index (χ4n) is 3.13. The molecule has 0 spiro atoms. The zero-order valence-electron chi connectivity index (χ0n) is 15.8. The number of carbonyl (C=O) groups excluding carboxylic acids is 1. The summed E-state index contributed by atoms with van der Waals surface area (Å²) in [5.74, 6) is 0.0602. The second-order valence-corrected chi connectivity index (χ2v) is 7.32. The molecule has 0 saturated carbocycles. The van der Waals surface area contributed by atoms with Gasteiger partial charge >= 0.3 is 0 Å². The summed E-state index contributed by atoms with van der Waals surface area (Å²) in [6, 6.07) is 11.9.